The van der Waals surface area contributed by atoms with Crippen LogP contribution in [0.5, 0.6) is 5.75 Å². The van der Waals surface area contributed by atoms with E-state index >= 15 is 0 Å². The first-order valence-corrected chi connectivity index (χ1v) is 10.8. The molecule has 0 N–H and O–H groups in total. The van der Waals surface area contributed by atoms with E-state index in [1.54, 1.807) is 7.11 Å². The van der Waals surface area contributed by atoms with Crippen LogP contribution in [-0.2, 0) is 9.53 Å². The quantitative estimate of drug-likeness (QED) is 0.505. The number of methoxy groups -OCH3 is 1. The van der Waals surface area contributed by atoms with Gasteiger partial charge in [-0.1, -0.05) is 31.0 Å². The van der Waals surface area contributed by atoms with E-state index in [-0.39, 0.29) is 11.7 Å². The number of carbonyl (C=O) groups excluding carboxylic acids is 1. The molecule has 1 fully saturated rings. The van der Waals surface area contributed by atoms with Gasteiger partial charge >= 0.3 is 5.97 Å². The molecule has 1 aliphatic rings. The average molecular weight is 404 g/mol. The summed E-state index contributed by atoms with van der Waals surface area (Å²) in [6.07, 6.45) is 5.92. The molecule has 0 amide bonds. The van der Waals surface area contributed by atoms with E-state index in [0.29, 0.717) is 6.04 Å². The van der Waals surface area contributed by atoms with E-state index in [1.165, 1.54) is 31.0 Å². The summed E-state index contributed by atoms with van der Waals surface area (Å²) in [6, 6.07) is 8.24. The molecular formula is C21H29N3O3S. The van der Waals surface area contributed by atoms with Crippen molar-refractivity contribution in [2.75, 3.05) is 12.9 Å². The lowest BCUT2D eigenvalue weighted by Crippen LogP contribution is -2.25. The predicted molar refractivity (Wildman–Crippen MR) is 111 cm³/mol. The Kier molecular flexibility index (Phi) is 6.65. The van der Waals surface area contributed by atoms with Gasteiger partial charge in [0.25, 0.3) is 0 Å². The molecule has 0 unspecified atom stereocenters. The summed E-state index contributed by atoms with van der Waals surface area (Å²) < 4.78 is 12.9. The zero-order valence-electron chi connectivity index (χ0n) is 17.1. The highest BCUT2D eigenvalue weighted by Gasteiger charge is 2.25. The van der Waals surface area contributed by atoms with Crippen molar-refractivity contribution in [2.24, 2.45) is 0 Å². The Bertz CT molecular complexity index is 790. The summed E-state index contributed by atoms with van der Waals surface area (Å²) >= 11 is 1.40. The first-order chi connectivity index (χ1) is 13.4. The summed E-state index contributed by atoms with van der Waals surface area (Å²) in [5.41, 5.74) is 0.520. The number of aromatic nitrogens is 3. The van der Waals surface area contributed by atoms with Gasteiger partial charge in [-0.25, -0.2) is 0 Å². The molecule has 1 aromatic carbocycles. The van der Waals surface area contributed by atoms with Gasteiger partial charge in [-0.3, -0.25) is 9.36 Å². The number of esters is 1. The van der Waals surface area contributed by atoms with E-state index in [0.717, 1.165) is 35.1 Å². The van der Waals surface area contributed by atoms with E-state index in [4.69, 9.17) is 9.47 Å². The van der Waals surface area contributed by atoms with Gasteiger partial charge < -0.3 is 9.47 Å². The van der Waals surface area contributed by atoms with Crippen LogP contribution in [0.2, 0.25) is 0 Å². The summed E-state index contributed by atoms with van der Waals surface area (Å²) in [6.45, 7) is 5.63. The molecule has 0 spiro atoms. The fourth-order valence-electron chi connectivity index (χ4n) is 3.48. The number of carbonyl (C=O) groups is 1. The molecule has 0 bridgehead atoms. The fraction of sp³-hybridized carbons (Fsp3) is 0.571. The zero-order chi connectivity index (χ0) is 20.1. The second-order valence-electron chi connectivity index (χ2n) is 8.07. The van der Waals surface area contributed by atoms with Gasteiger partial charge in [0.1, 0.15) is 11.4 Å². The number of hydrogen-bond donors (Lipinski definition) is 0. The molecule has 0 aliphatic heterocycles. The molecule has 3 rings (SSSR count). The monoisotopic (exact) mass is 403 g/mol. The third kappa shape index (κ3) is 5.28. The van der Waals surface area contributed by atoms with Crippen molar-refractivity contribution in [1.29, 1.82) is 0 Å². The summed E-state index contributed by atoms with van der Waals surface area (Å²) in [5.74, 6) is 1.65. The van der Waals surface area contributed by atoms with Gasteiger partial charge in [0.05, 0.1) is 12.9 Å². The summed E-state index contributed by atoms with van der Waals surface area (Å²) in [7, 11) is 1.66. The fourth-order valence-corrected chi connectivity index (χ4v) is 4.25. The minimum absolute atomic E-state index is 0.227. The Hall–Kier alpha value is -2.02. The minimum atomic E-state index is -0.483. The SMILES string of the molecule is COc1ccc(-c2nnc(SCC(=O)OC(C)(C)C)n2C2CCCCC2)cc1. The van der Waals surface area contributed by atoms with Crippen molar-refractivity contribution < 1.29 is 14.3 Å². The number of nitrogens with zero attached hydrogens (tertiary/aromatic N) is 3. The highest BCUT2D eigenvalue weighted by Crippen LogP contribution is 2.36. The van der Waals surface area contributed by atoms with E-state index in [1.807, 2.05) is 45.0 Å². The number of benzene rings is 1. The lowest BCUT2D eigenvalue weighted by atomic mass is 9.95. The molecule has 7 heteroatoms. The molecular weight excluding hydrogens is 374 g/mol. The Balaban J connectivity index is 1.85. The van der Waals surface area contributed by atoms with Gasteiger partial charge in [-0.2, -0.15) is 0 Å². The molecule has 152 valence electrons. The Morgan fingerprint density at radius 2 is 1.82 bits per heavy atom. The Morgan fingerprint density at radius 3 is 2.43 bits per heavy atom. The average Bonchev–Trinajstić information content (AvgIpc) is 3.10. The molecule has 1 saturated carbocycles. The lowest BCUT2D eigenvalue weighted by molar-refractivity contribution is -0.151. The number of ether oxygens (including phenoxy) is 2. The highest BCUT2D eigenvalue weighted by molar-refractivity contribution is 7.99. The zero-order valence-corrected chi connectivity index (χ0v) is 17.9. The standard InChI is InChI=1S/C21H29N3O3S/c1-21(2,3)27-18(25)14-28-20-23-22-19(15-10-12-17(26-4)13-11-15)24(20)16-8-6-5-7-9-16/h10-13,16H,5-9,14H2,1-4H3. The van der Waals surface area contributed by atoms with Crippen LogP contribution in [0.4, 0.5) is 0 Å². The molecule has 1 aromatic heterocycles. The van der Waals surface area contributed by atoms with Crippen LogP contribution in [0.25, 0.3) is 11.4 Å². The molecule has 1 heterocycles. The van der Waals surface area contributed by atoms with Gasteiger partial charge in [0.15, 0.2) is 11.0 Å². The Morgan fingerprint density at radius 1 is 1.14 bits per heavy atom. The van der Waals surface area contributed by atoms with Crippen LogP contribution >= 0.6 is 11.8 Å². The highest BCUT2D eigenvalue weighted by atomic mass is 32.2. The predicted octanol–water partition coefficient (Wildman–Crippen LogP) is 4.89. The van der Waals surface area contributed by atoms with Crippen molar-refractivity contribution in [3.05, 3.63) is 24.3 Å². The van der Waals surface area contributed by atoms with Crippen LogP contribution in [0.3, 0.4) is 0 Å². The maximum Gasteiger partial charge on any atom is 0.316 e. The smallest absolute Gasteiger partial charge is 0.316 e. The van der Waals surface area contributed by atoms with E-state index < -0.39 is 5.60 Å². The molecule has 0 radical (unpaired) electrons. The summed E-state index contributed by atoms with van der Waals surface area (Å²) in [4.78, 5) is 12.2. The van der Waals surface area contributed by atoms with Crippen LogP contribution in [-0.4, -0.2) is 39.2 Å². The number of hydrogen-bond acceptors (Lipinski definition) is 6. The maximum atomic E-state index is 12.2. The summed E-state index contributed by atoms with van der Waals surface area (Å²) in [5, 5.41) is 9.67. The molecule has 0 saturated heterocycles. The molecule has 0 atom stereocenters. The van der Waals surface area contributed by atoms with E-state index in [9.17, 15) is 4.79 Å². The second-order valence-corrected chi connectivity index (χ2v) is 9.01. The van der Waals surface area contributed by atoms with Crippen molar-refractivity contribution in [1.82, 2.24) is 14.8 Å². The van der Waals surface area contributed by atoms with Crippen LogP contribution in [0.15, 0.2) is 29.4 Å². The molecule has 6 nitrogen and oxygen atoms in total. The van der Waals surface area contributed by atoms with Crippen LogP contribution in [0, 0.1) is 0 Å². The van der Waals surface area contributed by atoms with Gasteiger partial charge in [-0.15, -0.1) is 10.2 Å². The van der Waals surface area contributed by atoms with Gasteiger partial charge in [0, 0.05) is 11.6 Å². The minimum Gasteiger partial charge on any atom is -0.497 e. The van der Waals surface area contributed by atoms with Gasteiger partial charge in [-0.05, 0) is 57.9 Å². The molecule has 1 aliphatic carbocycles. The Labute approximate surface area is 171 Å². The second kappa shape index (κ2) is 8.99. The van der Waals surface area contributed by atoms with Crippen molar-refractivity contribution in [3.63, 3.8) is 0 Å². The maximum absolute atomic E-state index is 12.2. The van der Waals surface area contributed by atoms with Crippen molar-refractivity contribution >= 4 is 17.7 Å². The van der Waals surface area contributed by atoms with Crippen LogP contribution in [0.1, 0.15) is 58.9 Å². The first-order valence-electron chi connectivity index (χ1n) is 9.81. The first kappa shape index (κ1) is 20.7. The van der Waals surface area contributed by atoms with Crippen molar-refractivity contribution in [3.8, 4) is 17.1 Å². The molecule has 28 heavy (non-hydrogen) atoms. The van der Waals surface area contributed by atoms with E-state index in [2.05, 4.69) is 14.8 Å². The third-order valence-electron chi connectivity index (χ3n) is 4.69. The topological polar surface area (TPSA) is 66.2 Å². The lowest BCUT2D eigenvalue weighted by Gasteiger charge is -2.25. The third-order valence-corrected chi connectivity index (χ3v) is 5.61. The number of thioether (sulfide) groups is 1. The normalized spacial score (nSPS) is 15.4. The number of rotatable bonds is 6. The van der Waals surface area contributed by atoms with Gasteiger partial charge in [0.2, 0.25) is 0 Å². The van der Waals surface area contributed by atoms with Crippen molar-refractivity contribution in [2.45, 2.75) is 69.7 Å². The van der Waals surface area contributed by atoms with Crippen LogP contribution < -0.4 is 4.74 Å². The largest absolute Gasteiger partial charge is 0.497 e. The molecule has 2 aromatic rings.